The van der Waals surface area contributed by atoms with Crippen LogP contribution in [-0.2, 0) is 5.41 Å². The Morgan fingerprint density at radius 1 is 0.769 bits per heavy atom. The van der Waals surface area contributed by atoms with Gasteiger partial charge in [0.2, 0.25) is 0 Å². The van der Waals surface area contributed by atoms with Crippen LogP contribution >= 0.6 is 0 Å². The van der Waals surface area contributed by atoms with E-state index in [1.54, 1.807) is 0 Å². The van der Waals surface area contributed by atoms with Crippen molar-refractivity contribution in [2.45, 2.75) is 12.3 Å². The number of hydrogen-bond acceptors (Lipinski definition) is 0. The fraction of sp³-hybridized carbons (Fsp3) is 0.0769. The highest BCUT2D eigenvalue weighted by molar-refractivity contribution is 5.86. The highest BCUT2D eigenvalue weighted by Gasteiger charge is 2.46. The van der Waals surface area contributed by atoms with E-state index in [1.807, 2.05) is 6.08 Å². The Hall–Kier alpha value is -3.12. The molecule has 1 aliphatic carbocycles. The lowest BCUT2D eigenvalue weighted by molar-refractivity contribution is 0.767. The topological polar surface area (TPSA) is 0 Å². The lowest BCUT2D eigenvalue weighted by Gasteiger charge is -2.34. The quantitative estimate of drug-likeness (QED) is 0.466. The number of rotatable bonds is 4. The van der Waals surface area contributed by atoms with E-state index in [-0.39, 0.29) is 5.41 Å². The average Bonchev–Trinajstić information content (AvgIpc) is 3.00. The Labute approximate surface area is 155 Å². The molecule has 0 saturated carbocycles. The van der Waals surface area contributed by atoms with Crippen molar-refractivity contribution in [3.05, 3.63) is 132 Å². The molecule has 3 aromatic rings. The summed E-state index contributed by atoms with van der Waals surface area (Å²) in [7, 11) is 0. The summed E-state index contributed by atoms with van der Waals surface area (Å²) in [6.07, 6.45) is 8.37. The maximum Gasteiger partial charge on any atom is 0.0713 e. The predicted octanol–water partition coefficient (Wildman–Crippen LogP) is 6.69. The number of hydrogen-bond donors (Lipinski definition) is 0. The Bertz CT molecular complexity index is 957. The fourth-order valence-corrected chi connectivity index (χ4v) is 4.32. The van der Waals surface area contributed by atoms with Crippen molar-refractivity contribution in [2.75, 3.05) is 0 Å². The molecule has 0 heterocycles. The third kappa shape index (κ3) is 2.23. The van der Waals surface area contributed by atoms with E-state index in [2.05, 4.69) is 111 Å². The summed E-state index contributed by atoms with van der Waals surface area (Å²) in [6.45, 7) is 6.05. The lowest BCUT2D eigenvalue weighted by Crippen LogP contribution is -2.29. The Kier molecular flexibility index (Phi) is 4.18. The molecule has 0 N–H and O–H groups in total. The van der Waals surface area contributed by atoms with Crippen molar-refractivity contribution in [2.24, 2.45) is 0 Å². The molecule has 0 nitrogen and oxygen atoms in total. The first kappa shape index (κ1) is 16.4. The zero-order valence-corrected chi connectivity index (χ0v) is 15.0. The highest BCUT2D eigenvalue weighted by Crippen LogP contribution is 2.56. The maximum absolute atomic E-state index is 3.98. The van der Waals surface area contributed by atoms with Crippen molar-refractivity contribution in [3.63, 3.8) is 0 Å². The minimum absolute atomic E-state index is 0.324. The van der Waals surface area contributed by atoms with Crippen LogP contribution in [0.4, 0.5) is 0 Å². The molecule has 0 spiro atoms. The van der Waals surface area contributed by atoms with Crippen LogP contribution in [0.1, 0.15) is 23.6 Å². The van der Waals surface area contributed by atoms with Gasteiger partial charge in [-0.3, -0.25) is 0 Å². The summed E-state index contributed by atoms with van der Waals surface area (Å²) in [4.78, 5) is 0. The van der Waals surface area contributed by atoms with Crippen LogP contribution in [0.5, 0.6) is 0 Å². The molecule has 0 aromatic heterocycles. The first-order valence-electron chi connectivity index (χ1n) is 9.04. The van der Waals surface area contributed by atoms with Crippen LogP contribution < -0.4 is 0 Å². The van der Waals surface area contributed by atoms with Crippen LogP contribution in [0.25, 0.3) is 11.1 Å². The van der Waals surface area contributed by atoms with Gasteiger partial charge in [-0.05, 0) is 40.3 Å². The molecule has 0 atom stereocenters. The van der Waals surface area contributed by atoms with Gasteiger partial charge in [0, 0.05) is 0 Å². The molecule has 0 radical (unpaired) electrons. The molecule has 0 fully saturated rings. The van der Waals surface area contributed by atoms with Gasteiger partial charge in [-0.1, -0.05) is 110 Å². The van der Waals surface area contributed by atoms with Gasteiger partial charge in [0.05, 0.1) is 5.41 Å². The van der Waals surface area contributed by atoms with Crippen molar-refractivity contribution in [3.8, 4) is 11.1 Å². The Balaban J connectivity index is 2.20. The molecule has 26 heavy (non-hydrogen) atoms. The van der Waals surface area contributed by atoms with Gasteiger partial charge in [0.1, 0.15) is 0 Å². The minimum atomic E-state index is -0.324. The van der Waals surface area contributed by atoms with Gasteiger partial charge in [-0.15, -0.1) is 0 Å². The van der Waals surface area contributed by atoms with Gasteiger partial charge < -0.3 is 0 Å². The number of benzene rings is 3. The van der Waals surface area contributed by atoms with Crippen LogP contribution in [0.15, 0.2) is 115 Å². The molecule has 0 amide bonds. The number of allylic oxidation sites excluding steroid dienone is 5. The summed E-state index contributed by atoms with van der Waals surface area (Å²) in [5.41, 5.74) is 7.48. The van der Waals surface area contributed by atoms with E-state index >= 15 is 0 Å². The van der Waals surface area contributed by atoms with Crippen molar-refractivity contribution in [1.82, 2.24) is 0 Å². The summed E-state index contributed by atoms with van der Waals surface area (Å²) >= 11 is 0. The minimum Gasteiger partial charge on any atom is -0.0991 e. The molecular weight excluding hydrogens is 312 g/mol. The normalized spacial score (nSPS) is 14.9. The lowest BCUT2D eigenvalue weighted by atomic mass is 9.67. The van der Waals surface area contributed by atoms with E-state index < -0.39 is 0 Å². The van der Waals surface area contributed by atoms with Crippen LogP contribution in [0, 0.1) is 0 Å². The SMILES string of the molecule is C=C/C=C(\C=C/C)C1(c2ccccc2)c2ccccc2-c2ccccc21. The van der Waals surface area contributed by atoms with Gasteiger partial charge in [-0.25, -0.2) is 0 Å². The largest absolute Gasteiger partial charge is 0.0991 e. The molecule has 126 valence electrons. The van der Waals surface area contributed by atoms with Crippen molar-refractivity contribution in [1.29, 1.82) is 0 Å². The molecule has 1 aliphatic rings. The molecular formula is C26H22. The monoisotopic (exact) mass is 334 g/mol. The summed E-state index contributed by atoms with van der Waals surface area (Å²) in [5, 5.41) is 0. The molecule has 0 heteroatoms. The van der Waals surface area contributed by atoms with E-state index in [1.165, 1.54) is 33.4 Å². The van der Waals surface area contributed by atoms with Crippen LogP contribution in [-0.4, -0.2) is 0 Å². The van der Waals surface area contributed by atoms with E-state index in [4.69, 9.17) is 0 Å². The summed E-state index contributed by atoms with van der Waals surface area (Å²) < 4.78 is 0. The average molecular weight is 334 g/mol. The zero-order valence-electron chi connectivity index (χ0n) is 15.0. The molecule has 0 aliphatic heterocycles. The predicted molar refractivity (Wildman–Crippen MR) is 111 cm³/mol. The Morgan fingerprint density at radius 3 is 1.85 bits per heavy atom. The first-order valence-corrected chi connectivity index (χ1v) is 9.04. The number of fused-ring (bicyclic) bond motifs is 3. The molecule has 4 rings (SSSR count). The van der Waals surface area contributed by atoms with Crippen molar-refractivity contribution >= 4 is 0 Å². The van der Waals surface area contributed by atoms with E-state index in [9.17, 15) is 0 Å². The molecule has 0 unspecified atom stereocenters. The second-order valence-electron chi connectivity index (χ2n) is 6.56. The summed E-state index contributed by atoms with van der Waals surface area (Å²) in [5.74, 6) is 0. The highest BCUT2D eigenvalue weighted by atomic mass is 14.5. The Morgan fingerprint density at radius 2 is 1.31 bits per heavy atom. The summed E-state index contributed by atoms with van der Waals surface area (Å²) in [6, 6.07) is 28.4. The van der Waals surface area contributed by atoms with E-state index in [0.717, 1.165) is 0 Å². The second-order valence-corrected chi connectivity index (χ2v) is 6.56. The van der Waals surface area contributed by atoms with Crippen LogP contribution in [0.3, 0.4) is 0 Å². The third-order valence-corrected chi connectivity index (χ3v) is 5.24. The first-order chi connectivity index (χ1) is 12.8. The van der Waals surface area contributed by atoms with Gasteiger partial charge in [-0.2, -0.15) is 0 Å². The van der Waals surface area contributed by atoms with Gasteiger partial charge in [0.15, 0.2) is 0 Å². The van der Waals surface area contributed by atoms with Crippen molar-refractivity contribution < 1.29 is 0 Å². The molecule has 0 saturated heterocycles. The second kappa shape index (κ2) is 6.65. The maximum atomic E-state index is 3.98. The van der Waals surface area contributed by atoms with Crippen LogP contribution in [0.2, 0.25) is 0 Å². The zero-order chi connectivity index (χ0) is 18.0. The third-order valence-electron chi connectivity index (χ3n) is 5.24. The fourth-order valence-electron chi connectivity index (χ4n) is 4.32. The molecule has 3 aromatic carbocycles. The smallest absolute Gasteiger partial charge is 0.0713 e. The standard InChI is InChI=1S/C26H22/c1-3-12-20(13-4-2)26(21-14-6-5-7-15-21)24-18-10-8-16-22(24)23-17-9-11-19-25(23)26/h3-19H,1H2,2H3/b13-4-,20-12+. The van der Waals surface area contributed by atoms with Gasteiger partial charge >= 0.3 is 0 Å². The van der Waals surface area contributed by atoms with E-state index in [0.29, 0.717) is 0 Å². The van der Waals surface area contributed by atoms with Gasteiger partial charge in [0.25, 0.3) is 0 Å². The molecule has 0 bridgehead atoms.